The Balaban J connectivity index is 2.42. The second kappa shape index (κ2) is 4.78. The van der Waals surface area contributed by atoms with Gasteiger partial charge in [-0.2, -0.15) is 0 Å². The smallest absolute Gasteiger partial charge is 0.261 e. The van der Waals surface area contributed by atoms with Gasteiger partial charge in [-0.1, -0.05) is 0 Å². The van der Waals surface area contributed by atoms with Crippen molar-refractivity contribution in [2.45, 2.75) is 27.7 Å². The number of benzene rings is 2. The Bertz CT molecular complexity index is 956. The van der Waals surface area contributed by atoms with Gasteiger partial charge < -0.3 is 0 Å². The molecule has 0 spiro atoms. The molecule has 0 fully saturated rings. The Morgan fingerprint density at radius 2 is 0.654 bits per heavy atom. The van der Waals surface area contributed by atoms with Crippen LogP contribution in [-0.2, 0) is 0 Å². The van der Waals surface area contributed by atoms with Crippen molar-refractivity contribution in [3.8, 4) is 0 Å². The summed E-state index contributed by atoms with van der Waals surface area (Å²) in [6, 6.07) is 0. The first-order valence-corrected chi connectivity index (χ1v) is 8.36. The molecule has 132 valence electrons. The van der Waals surface area contributed by atoms with E-state index in [9.17, 15) is 19.2 Å². The largest absolute Gasteiger partial charge is 0.277 e. The highest BCUT2D eigenvalue weighted by Gasteiger charge is 2.41. The van der Waals surface area contributed by atoms with Gasteiger partial charge in [0.25, 0.3) is 23.6 Å². The molecule has 4 amide bonds. The minimum Gasteiger partial charge on any atom is -0.277 e. The zero-order chi connectivity index (χ0) is 19.2. The van der Waals surface area contributed by atoms with Crippen molar-refractivity contribution in [2.75, 3.05) is 14.1 Å². The van der Waals surface area contributed by atoms with Crippen molar-refractivity contribution in [1.29, 1.82) is 0 Å². The molecule has 6 heteroatoms. The molecule has 0 N–H and O–H groups in total. The second-order valence-electron chi connectivity index (χ2n) is 7.09. The van der Waals surface area contributed by atoms with E-state index < -0.39 is 23.6 Å². The summed E-state index contributed by atoms with van der Waals surface area (Å²) in [5.74, 6) is -1.60. The van der Waals surface area contributed by atoms with Crippen molar-refractivity contribution >= 4 is 34.4 Å². The summed E-state index contributed by atoms with van der Waals surface area (Å²) < 4.78 is 0. The van der Waals surface area contributed by atoms with Crippen molar-refractivity contribution in [3.63, 3.8) is 0 Å². The first-order valence-electron chi connectivity index (χ1n) is 8.36. The summed E-state index contributed by atoms with van der Waals surface area (Å²) in [5, 5.41) is 0.896. The van der Waals surface area contributed by atoms with Crippen LogP contribution >= 0.6 is 0 Å². The molecule has 0 aliphatic carbocycles. The van der Waals surface area contributed by atoms with Crippen LogP contribution in [0.5, 0.6) is 0 Å². The predicted molar refractivity (Wildman–Crippen MR) is 95.7 cm³/mol. The molecule has 0 saturated carbocycles. The molecular formula is C20H18N2O4. The minimum absolute atomic E-state index is 0.400. The number of imide groups is 2. The van der Waals surface area contributed by atoms with Gasteiger partial charge in [0.1, 0.15) is 0 Å². The van der Waals surface area contributed by atoms with Gasteiger partial charge in [0.15, 0.2) is 0 Å². The normalized spacial score (nSPS) is 16.2. The molecule has 0 unspecified atom stereocenters. The molecule has 2 aliphatic heterocycles. The number of nitrogens with zero attached hydrogens (tertiary/aromatic N) is 2. The van der Waals surface area contributed by atoms with Crippen LogP contribution < -0.4 is 0 Å². The van der Waals surface area contributed by atoms with Crippen LogP contribution in [0.2, 0.25) is 0 Å². The third-order valence-corrected chi connectivity index (χ3v) is 5.95. The maximum atomic E-state index is 12.9. The van der Waals surface area contributed by atoms with Crippen LogP contribution in [0, 0.1) is 27.7 Å². The van der Waals surface area contributed by atoms with Crippen molar-refractivity contribution < 1.29 is 19.2 Å². The lowest BCUT2D eigenvalue weighted by molar-refractivity contribution is 0.0627. The van der Waals surface area contributed by atoms with E-state index >= 15 is 0 Å². The molecule has 0 bridgehead atoms. The molecule has 2 heterocycles. The van der Waals surface area contributed by atoms with E-state index in [1.807, 2.05) is 0 Å². The van der Waals surface area contributed by atoms with Crippen molar-refractivity contribution in [3.05, 3.63) is 44.5 Å². The molecule has 6 nitrogen and oxygen atoms in total. The van der Waals surface area contributed by atoms with Gasteiger partial charge in [0.05, 0.1) is 22.3 Å². The molecule has 2 aliphatic rings. The van der Waals surface area contributed by atoms with E-state index in [-0.39, 0.29) is 0 Å². The monoisotopic (exact) mass is 350 g/mol. The number of hydrogen-bond donors (Lipinski definition) is 0. The maximum absolute atomic E-state index is 12.9. The third kappa shape index (κ3) is 1.57. The summed E-state index contributed by atoms with van der Waals surface area (Å²) in [7, 11) is 2.92. The Labute approximate surface area is 150 Å². The van der Waals surface area contributed by atoms with Gasteiger partial charge in [-0.25, -0.2) is 0 Å². The van der Waals surface area contributed by atoms with Crippen LogP contribution in [0.1, 0.15) is 63.7 Å². The average molecular weight is 350 g/mol. The Morgan fingerprint density at radius 3 is 0.846 bits per heavy atom. The minimum atomic E-state index is -0.400. The Morgan fingerprint density at radius 1 is 0.462 bits per heavy atom. The maximum Gasteiger partial charge on any atom is 0.261 e. The summed E-state index contributed by atoms with van der Waals surface area (Å²) in [6.07, 6.45) is 0. The van der Waals surface area contributed by atoms with Gasteiger partial charge in [0, 0.05) is 24.9 Å². The predicted octanol–water partition coefficient (Wildman–Crippen LogP) is 2.53. The number of amides is 4. The lowest BCUT2D eigenvalue weighted by Crippen LogP contribution is -2.42. The first-order chi connectivity index (χ1) is 12.1. The number of carbonyl (C=O) groups is 4. The van der Waals surface area contributed by atoms with Crippen LogP contribution in [0.3, 0.4) is 0 Å². The molecule has 0 aromatic heterocycles. The highest BCUT2D eigenvalue weighted by molar-refractivity contribution is 6.35. The van der Waals surface area contributed by atoms with Gasteiger partial charge in [-0.3, -0.25) is 29.0 Å². The second-order valence-corrected chi connectivity index (χ2v) is 7.09. The van der Waals surface area contributed by atoms with E-state index in [1.165, 1.54) is 14.1 Å². The zero-order valence-electron chi connectivity index (χ0n) is 15.5. The van der Waals surface area contributed by atoms with E-state index in [2.05, 4.69) is 0 Å². The Hall–Kier alpha value is -3.02. The molecule has 26 heavy (non-hydrogen) atoms. The van der Waals surface area contributed by atoms with Crippen molar-refractivity contribution in [2.24, 2.45) is 0 Å². The number of hydrogen-bond acceptors (Lipinski definition) is 4. The standard InChI is InChI=1S/C20H18N2O4/c1-7-8(2)12-16-14(20(26)22(6)18(12)24)10(4)9(3)13-15(16)11(7)17(23)21(5)19(13)25/h1-6H3. The van der Waals surface area contributed by atoms with Gasteiger partial charge in [-0.15, -0.1) is 0 Å². The topological polar surface area (TPSA) is 74.8 Å². The van der Waals surface area contributed by atoms with Crippen LogP contribution in [0.15, 0.2) is 0 Å². The highest BCUT2D eigenvalue weighted by atomic mass is 16.2. The molecule has 0 radical (unpaired) electrons. The lowest BCUT2D eigenvalue weighted by atomic mass is 9.78. The molecule has 2 aromatic carbocycles. The van der Waals surface area contributed by atoms with Crippen molar-refractivity contribution in [1.82, 2.24) is 9.80 Å². The average Bonchev–Trinajstić information content (AvgIpc) is 2.60. The van der Waals surface area contributed by atoms with E-state index in [0.29, 0.717) is 55.3 Å². The van der Waals surface area contributed by atoms with Gasteiger partial charge >= 0.3 is 0 Å². The molecule has 0 saturated heterocycles. The summed E-state index contributed by atoms with van der Waals surface area (Å²) in [4.78, 5) is 53.7. The fraction of sp³-hybridized carbons (Fsp3) is 0.300. The quantitative estimate of drug-likeness (QED) is 0.684. The zero-order valence-corrected chi connectivity index (χ0v) is 15.5. The lowest BCUT2D eigenvalue weighted by Gasteiger charge is -2.34. The van der Waals surface area contributed by atoms with Crippen LogP contribution in [0.4, 0.5) is 0 Å². The van der Waals surface area contributed by atoms with E-state index in [4.69, 9.17) is 0 Å². The molecular weight excluding hydrogens is 332 g/mol. The SMILES string of the molecule is Cc1c(C)c2c3c(c(C)c(C)c4c3c1C(=O)N(C)C4=O)C(=O)N(C)C2=O. The first kappa shape index (κ1) is 16.4. The van der Waals surface area contributed by atoms with E-state index in [1.54, 1.807) is 27.7 Å². The van der Waals surface area contributed by atoms with Crippen LogP contribution in [0.25, 0.3) is 10.8 Å². The van der Waals surface area contributed by atoms with Gasteiger partial charge in [0.2, 0.25) is 0 Å². The summed E-state index contributed by atoms with van der Waals surface area (Å²) >= 11 is 0. The molecule has 4 rings (SSSR count). The number of rotatable bonds is 0. The highest BCUT2D eigenvalue weighted by Crippen LogP contribution is 2.43. The van der Waals surface area contributed by atoms with Gasteiger partial charge in [-0.05, 0) is 49.9 Å². The van der Waals surface area contributed by atoms with E-state index in [0.717, 1.165) is 9.80 Å². The summed E-state index contributed by atoms with van der Waals surface area (Å²) in [6.45, 7) is 7.13. The number of carbonyl (C=O) groups excluding carboxylic acids is 4. The fourth-order valence-electron chi connectivity index (χ4n) is 4.17. The third-order valence-electron chi connectivity index (χ3n) is 5.95. The Kier molecular flexibility index (Phi) is 3.03. The summed E-state index contributed by atoms with van der Waals surface area (Å²) in [5.41, 5.74) is 4.32. The fourth-order valence-corrected chi connectivity index (χ4v) is 4.17. The molecule has 2 aromatic rings. The van der Waals surface area contributed by atoms with Crippen LogP contribution in [-0.4, -0.2) is 47.5 Å². The molecule has 0 atom stereocenters.